The molecule has 10 heavy (non-hydrogen) atoms. The molecular weight excluding hydrogens is 212 g/mol. The summed E-state index contributed by atoms with van der Waals surface area (Å²) < 4.78 is 1.17. The molecule has 0 N–H and O–H groups in total. The molecule has 0 bridgehead atoms. The summed E-state index contributed by atoms with van der Waals surface area (Å²) >= 11 is 4.98. The van der Waals surface area contributed by atoms with Gasteiger partial charge in [-0.05, 0) is 27.4 Å². The highest BCUT2D eigenvalue weighted by Crippen LogP contribution is 2.11. The number of aldehydes is 1. The summed E-state index contributed by atoms with van der Waals surface area (Å²) in [6.07, 6.45) is 1.51. The molecule has 0 amide bonds. The first-order chi connectivity index (χ1) is 4.81. The predicted octanol–water partition coefficient (Wildman–Crippen LogP) is 3.11. The standard InChI is InChI=1S/C4H3BrS.C3H6O/c5-4-1-2-6-3-4;1-2-3-4/h1-3H;3H,2H2,1H3. The fourth-order valence-corrected chi connectivity index (χ4v) is 1.39. The van der Waals surface area contributed by atoms with Crippen LogP contribution >= 0.6 is 27.3 Å². The van der Waals surface area contributed by atoms with Gasteiger partial charge < -0.3 is 4.79 Å². The van der Waals surface area contributed by atoms with Crippen LogP contribution in [-0.4, -0.2) is 6.29 Å². The maximum absolute atomic E-state index is 9.17. The third-order valence-electron chi connectivity index (χ3n) is 0.653. The first-order valence-corrected chi connectivity index (χ1v) is 4.66. The molecule has 1 aromatic heterocycles. The average molecular weight is 221 g/mol. The zero-order valence-corrected chi connectivity index (χ0v) is 8.11. The highest BCUT2D eigenvalue weighted by atomic mass is 79.9. The predicted molar refractivity (Wildman–Crippen MR) is 48.4 cm³/mol. The van der Waals surface area contributed by atoms with Crippen LogP contribution in [0.1, 0.15) is 13.3 Å². The van der Waals surface area contributed by atoms with Crippen LogP contribution in [0.15, 0.2) is 21.3 Å². The molecule has 0 aliphatic carbocycles. The second-order valence-corrected chi connectivity index (χ2v) is 3.21. The van der Waals surface area contributed by atoms with E-state index in [9.17, 15) is 4.79 Å². The van der Waals surface area contributed by atoms with Crippen molar-refractivity contribution >= 4 is 33.6 Å². The minimum absolute atomic E-state index is 0.639. The highest BCUT2D eigenvalue weighted by molar-refractivity contribution is 9.10. The van der Waals surface area contributed by atoms with Gasteiger partial charge in [-0.25, -0.2) is 0 Å². The lowest BCUT2D eigenvalue weighted by molar-refractivity contribution is -0.107. The van der Waals surface area contributed by atoms with Crippen molar-refractivity contribution in [2.24, 2.45) is 0 Å². The van der Waals surface area contributed by atoms with Gasteiger partial charge in [0.2, 0.25) is 0 Å². The summed E-state index contributed by atoms with van der Waals surface area (Å²) in [6.45, 7) is 1.81. The Morgan fingerprint density at radius 1 is 1.80 bits per heavy atom. The molecule has 0 aliphatic heterocycles. The van der Waals surface area contributed by atoms with Gasteiger partial charge in [-0.3, -0.25) is 0 Å². The Bertz CT molecular complexity index is 160. The molecule has 0 unspecified atom stereocenters. The van der Waals surface area contributed by atoms with Crippen LogP contribution in [0.25, 0.3) is 0 Å². The van der Waals surface area contributed by atoms with Crippen molar-refractivity contribution < 1.29 is 4.79 Å². The van der Waals surface area contributed by atoms with Gasteiger partial charge in [0.15, 0.2) is 0 Å². The number of carbonyl (C=O) groups is 1. The van der Waals surface area contributed by atoms with Crippen molar-refractivity contribution in [1.29, 1.82) is 0 Å². The Balaban J connectivity index is 0.000000180. The van der Waals surface area contributed by atoms with Crippen molar-refractivity contribution in [2.75, 3.05) is 0 Å². The second kappa shape index (κ2) is 6.96. The van der Waals surface area contributed by atoms with Crippen LogP contribution < -0.4 is 0 Å². The van der Waals surface area contributed by atoms with Crippen LogP contribution in [-0.2, 0) is 4.79 Å². The van der Waals surface area contributed by atoms with Gasteiger partial charge in [-0.1, -0.05) is 6.92 Å². The Kier molecular flexibility index (Phi) is 6.86. The molecule has 3 heteroatoms. The Hall–Kier alpha value is -0.150. The molecule has 0 fully saturated rings. The topological polar surface area (TPSA) is 17.1 Å². The maximum Gasteiger partial charge on any atom is 0.119 e. The molecule has 0 spiro atoms. The van der Waals surface area contributed by atoms with Gasteiger partial charge in [-0.15, -0.1) is 0 Å². The molecule has 0 radical (unpaired) electrons. The van der Waals surface area contributed by atoms with Gasteiger partial charge in [0.1, 0.15) is 6.29 Å². The number of rotatable bonds is 1. The van der Waals surface area contributed by atoms with E-state index in [1.54, 1.807) is 11.3 Å². The number of hydrogen-bond donors (Lipinski definition) is 0. The number of thiophene rings is 1. The monoisotopic (exact) mass is 220 g/mol. The second-order valence-electron chi connectivity index (χ2n) is 1.52. The van der Waals surface area contributed by atoms with Crippen LogP contribution in [0.2, 0.25) is 0 Å². The van der Waals surface area contributed by atoms with Crippen molar-refractivity contribution in [3.63, 3.8) is 0 Å². The Morgan fingerprint density at radius 2 is 2.40 bits per heavy atom. The Morgan fingerprint density at radius 3 is 2.50 bits per heavy atom. The van der Waals surface area contributed by atoms with Gasteiger partial charge in [0.25, 0.3) is 0 Å². The molecule has 1 aromatic rings. The molecule has 0 aliphatic rings. The number of carbonyl (C=O) groups excluding carboxylic acids is 1. The fourth-order valence-electron chi connectivity index (χ4n) is 0.248. The summed E-state index contributed by atoms with van der Waals surface area (Å²) in [4.78, 5) is 9.17. The molecule has 1 nitrogen and oxygen atoms in total. The molecule has 0 saturated heterocycles. The first kappa shape index (κ1) is 9.85. The number of hydrogen-bond acceptors (Lipinski definition) is 2. The van der Waals surface area contributed by atoms with Gasteiger partial charge in [0, 0.05) is 16.3 Å². The van der Waals surface area contributed by atoms with Gasteiger partial charge >= 0.3 is 0 Å². The molecular formula is C7H9BrOS. The lowest BCUT2D eigenvalue weighted by Gasteiger charge is -1.62. The van der Waals surface area contributed by atoms with E-state index in [1.165, 1.54) is 4.47 Å². The molecule has 1 rings (SSSR count). The third kappa shape index (κ3) is 5.98. The average Bonchev–Trinajstić information content (AvgIpc) is 2.40. The maximum atomic E-state index is 9.17. The summed E-state index contributed by atoms with van der Waals surface area (Å²) in [5, 5.41) is 4.07. The van der Waals surface area contributed by atoms with Crippen molar-refractivity contribution in [1.82, 2.24) is 0 Å². The normalized spacial score (nSPS) is 7.80. The fraction of sp³-hybridized carbons (Fsp3) is 0.286. The van der Waals surface area contributed by atoms with Crippen molar-refractivity contribution in [3.8, 4) is 0 Å². The molecule has 1 heterocycles. The van der Waals surface area contributed by atoms with E-state index in [-0.39, 0.29) is 0 Å². The number of halogens is 1. The van der Waals surface area contributed by atoms with Crippen molar-refractivity contribution in [3.05, 3.63) is 21.3 Å². The smallest absolute Gasteiger partial charge is 0.119 e. The minimum atomic E-state index is 0.639. The van der Waals surface area contributed by atoms with E-state index in [4.69, 9.17) is 0 Å². The van der Waals surface area contributed by atoms with E-state index >= 15 is 0 Å². The largest absolute Gasteiger partial charge is 0.303 e. The summed E-state index contributed by atoms with van der Waals surface area (Å²) in [7, 11) is 0. The minimum Gasteiger partial charge on any atom is -0.303 e. The van der Waals surface area contributed by atoms with Crippen LogP contribution in [0.5, 0.6) is 0 Å². The van der Waals surface area contributed by atoms with Crippen molar-refractivity contribution in [2.45, 2.75) is 13.3 Å². The molecule has 0 atom stereocenters. The first-order valence-electron chi connectivity index (χ1n) is 2.92. The summed E-state index contributed by atoms with van der Waals surface area (Å²) in [5.74, 6) is 0. The van der Waals surface area contributed by atoms with E-state index in [1.807, 2.05) is 23.8 Å². The molecule has 0 aromatic carbocycles. The van der Waals surface area contributed by atoms with E-state index in [0.29, 0.717) is 6.42 Å². The lowest BCUT2D eigenvalue weighted by atomic mass is 10.6. The lowest BCUT2D eigenvalue weighted by Crippen LogP contribution is -1.55. The van der Waals surface area contributed by atoms with Gasteiger partial charge in [-0.2, -0.15) is 11.3 Å². The highest BCUT2D eigenvalue weighted by Gasteiger charge is 1.77. The quantitative estimate of drug-likeness (QED) is 0.666. The van der Waals surface area contributed by atoms with E-state index < -0.39 is 0 Å². The van der Waals surface area contributed by atoms with E-state index in [0.717, 1.165) is 6.29 Å². The zero-order chi connectivity index (χ0) is 7.82. The van der Waals surface area contributed by atoms with E-state index in [2.05, 4.69) is 15.9 Å². The Labute approximate surface area is 73.2 Å². The van der Waals surface area contributed by atoms with Crippen LogP contribution in [0, 0.1) is 0 Å². The molecule has 0 saturated carbocycles. The van der Waals surface area contributed by atoms with Gasteiger partial charge in [0.05, 0.1) is 0 Å². The molecule has 56 valence electrons. The SMILES string of the molecule is Brc1ccsc1.CCC=O. The summed E-state index contributed by atoms with van der Waals surface area (Å²) in [5.41, 5.74) is 0. The zero-order valence-electron chi connectivity index (χ0n) is 5.71. The summed E-state index contributed by atoms with van der Waals surface area (Å²) in [6, 6.07) is 2.02. The third-order valence-corrected chi connectivity index (χ3v) is 2.13. The van der Waals surface area contributed by atoms with Crippen LogP contribution in [0.4, 0.5) is 0 Å². The van der Waals surface area contributed by atoms with Crippen LogP contribution in [0.3, 0.4) is 0 Å².